The predicted octanol–water partition coefficient (Wildman–Crippen LogP) is 1.58. The van der Waals surface area contributed by atoms with Crippen LogP contribution in [0.3, 0.4) is 0 Å². The van der Waals surface area contributed by atoms with Crippen molar-refractivity contribution in [2.24, 2.45) is 0 Å². The third kappa shape index (κ3) is 2.80. The van der Waals surface area contributed by atoms with Crippen molar-refractivity contribution in [3.8, 4) is 5.75 Å². The first kappa shape index (κ1) is 15.5. The molecule has 0 amide bonds. The van der Waals surface area contributed by atoms with Crippen molar-refractivity contribution in [1.82, 2.24) is 5.32 Å². The molecule has 3 rings (SSSR count). The first-order valence-corrected chi connectivity index (χ1v) is 7.49. The smallest absolute Gasteiger partial charge is 0.328 e. The lowest BCUT2D eigenvalue weighted by Crippen LogP contribution is -2.49. The Balaban J connectivity index is 1.85. The molecule has 23 heavy (non-hydrogen) atoms. The summed E-state index contributed by atoms with van der Waals surface area (Å²) in [5.74, 6) is 0.373. The molecule has 1 atom stereocenters. The van der Waals surface area contributed by atoms with E-state index in [1.54, 1.807) is 26.3 Å². The number of likely N-dealkylation sites (N-methyl/N-ethyl adjacent to an activating group) is 1. The molecule has 120 valence electrons. The molecule has 1 spiro atoms. The maximum absolute atomic E-state index is 12.5. The summed E-state index contributed by atoms with van der Waals surface area (Å²) in [6.45, 7) is 0. The minimum atomic E-state index is -0.833. The van der Waals surface area contributed by atoms with E-state index in [-0.39, 0.29) is 11.8 Å². The number of rotatable bonds is 4. The van der Waals surface area contributed by atoms with Crippen LogP contribution in [0.25, 0.3) is 0 Å². The number of ketones is 1. The first-order valence-electron chi connectivity index (χ1n) is 7.49. The second-order valence-corrected chi connectivity index (χ2v) is 5.95. The normalized spacial score (nSPS) is 25.0. The van der Waals surface area contributed by atoms with Crippen LogP contribution in [0.2, 0.25) is 0 Å². The molecule has 0 bridgehead atoms. The highest BCUT2D eigenvalue weighted by atomic mass is 16.6. The molecule has 1 heterocycles. The number of hydrogen-bond donors (Lipinski definition) is 1. The average Bonchev–Trinajstić information content (AvgIpc) is 2.84. The third-order valence-corrected chi connectivity index (χ3v) is 4.45. The molecule has 1 aromatic carbocycles. The Morgan fingerprint density at radius 1 is 1.17 bits per heavy atom. The van der Waals surface area contributed by atoms with Crippen LogP contribution in [0.4, 0.5) is 0 Å². The van der Waals surface area contributed by atoms with Gasteiger partial charge in [-0.05, 0) is 49.0 Å². The number of hydrogen-bond acceptors (Lipinski definition) is 5. The average molecular weight is 313 g/mol. The summed E-state index contributed by atoms with van der Waals surface area (Å²) in [5.41, 5.74) is -0.640. The summed E-state index contributed by atoms with van der Waals surface area (Å²) < 4.78 is 10.8. The quantitative estimate of drug-likeness (QED) is 0.855. The highest BCUT2D eigenvalue weighted by Crippen LogP contribution is 2.39. The molecular weight excluding hydrogens is 294 g/mol. The Morgan fingerprint density at radius 3 is 2.39 bits per heavy atom. The zero-order chi connectivity index (χ0) is 16.5. The fourth-order valence-electron chi connectivity index (χ4n) is 3.10. The third-order valence-electron chi connectivity index (χ3n) is 4.45. The van der Waals surface area contributed by atoms with Gasteiger partial charge in [-0.1, -0.05) is 12.1 Å². The number of benzene rings is 1. The Labute approximate surface area is 135 Å². The van der Waals surface area contributed by atoms with E-state index in [0.717, 1.165) is 11.3 Å². The van der Waals surface area contributed by atoms with Crippen molar-refractivity contribution >= 4 is 11.8 Å². The Hall–Kier alpha value is -2.40. The molecule has 1 aliphatic heterocycles. The van der Waals surface area contributed by atoms with E-state index in [1.165, 1.54) is 12.2 Å². The number of methoxy groups -OCH3 is 1. The molecule has 1 unspecified atom stereocenters. The van der Waals surface area contributed by atoms with Gasteiger partial charge in [-0.3, -0.25) is 4.79 Å². The molecule has 0 aromatic heterocycles. The van der Waals surface area contributed by atoms with Crippen molar-refractivity contribution in [3.63, 3.8) is 0 Å². The van der Waals surface area contributed by atoms with Crippen LogP contribution in [0.15, 0.2) is 48.6 Å². The van der Waals surface area contributed by atoms with Gasteiger partial charge >= 0.3 is 5.97 Å². The summed E-state index contributed by atoms with van der Waals surface area (Å²) in [4.78, 5) is 23.9. The van der Waals surface area contributed by atoms with Crippen molar-refractivity contribution in [2.45, 2.75) is 24.0 Å². The highest BCUT2D eigenvalue weighted by Gasteiger charge is 2.54. The van der Waals surface area contributed by atoms with E-state index in [4.69, 9.17) is 9.47 Å². The topological polar surface area (TPSA) is 64.6 Å². The second-order valence-electron chi connectivity index (χ2n) is 5.95. The van der Waals surface area contributed by atoms with Crippen LogP contribution in [-0.2, 0) is 20.7 Å². The maximum Gasteiger partial charge on any atom is 0.328 e. The van der Waals surface area contributed by atoms with Crippen LogP contribution >= 0.6 is 0 Å². The van der Waals surface area contributed by atoms with Gasteiger partial charge in [0.1, 0.15) is 11.3 Å². The standard InChI is InChI=1S/C18H19NO4/c1-19-18(11-13-3-5-15(22-2)6-4-13)12-17(23-16(18)21)9-7-14(20)8-10-17/h3-10,19H,11-12H2,1-2H3. The zero-order valence-corrected chi connectivity index (χ0v) is 13.2. The Kier molecular flexibility index (Phi) is 3.82. The van der Waals surface area contributed by atoms with E-state index in [9.17, 15) is 9.59 Å². The van der Waals surface area contributed by atoms with Gasteiger partial charge in [-0.15, -0.1) is 0 Å². The maximum atomic E-state index is 12.5. The molecule has 5 heteroatoms. The zero-order valence-electron chi connectivity index (χ0n) is 13.2. The predicted molar refractivity (Wildman–Crippen MR) is 85.2 cm³/mol. The monoisotopic (exact) mass is 313 g/mol. The van der Waals surface area contributed by atoms with Gasteiger partial charge in [0.15, 0.2) is 11.4 Å². The van der Waals surface area contributed by atoms with Gasteiger partial charge in [0.2, 0.25) is 0 Å². The van der Waals surface area contributed by atoms with Gasteiger partial charge in [0.05, 0.1) is 7.11 Å². The van der Waals surface area contributed by atoms with Crippen molar-refractivity contribution in [2.75, 3.05) is 14.2 Å². The van der Waals surface area contributed by atoms with Crippen LogP contribution in [0.1, 0.15) is 12.0 Å². The second kappa shape index (κ2) is 5.66. The molecule has 1 aliphatic carbocycles. The summed E-state index contributed by atoms with van der Waals surface area (Å²) in [7, 11) is 3.37. The van der Waals surface area contributed by atoms with Gasteiger partial charge < -0.3 is 14.8 Å². The molecule has 1 N–H and O–H groups in total. The number of esters is 1. The van der Waals surface area contributed by atoms with Crippen LogP contribution in [0, 0.1) is 0 Å². The number of allylic oxidation sites excluding steroid dienone is 2. The highest BCUT2D eigenvalue weighted by molar-refractivity contribution is 6.01. The number of nitrogens with one attached hydrogen (secondary N) is 1. The molecule has 1 saturated heterocycles. The first-order chi connectivity index (χ1) is 11.0. The van der Waals surface area contributed by atoms with Gasteiger partial charge in [0, 0.05) is 12.8 Å². The number of ether oxygens (including phenoxy) is 2. The van der Waals surface area contributed by atoms with Gasteiger partial charge in [-0.2, -0.15) is 0 Å². The van der Waals surface area contributed by atoms with E-state index < -0.39 is 11.1 Å². The fraction of sp³-hybridized carbons (Fsp3) is 0.333. The number of carbonyl (C=O) groups is 2. The molecule has 2 aliphatic rings. The lowest BCUT2D eigenvalue weighted by Gasteiger charge is -2.26. The van der Waals surface area contributed by atoms with Crippen molar-refractivity contribution in [1.29, 1.82) is 0 Å². The van der Waals surface area contributed by atoms with Crippen LogP contribution in [-0.4, -0.2) is 37.0 Å². The van der Waals surface area contributed by atoms with Crippen LogP contribution in [0.5, 0.6) is 5.75 Å². The molecule has 0 radical (unpaired) electrons. The van der Waals surface area contributed by atoms with Gasteiger partial charge in [0.25, 0.3) is 0 Å². The molecule has 5 nitrogen and oxygen atoms in total. The van der Waals surface area contributed by atoms with E-state index in [2.05, 4.69) is 5.32 Å². The summed E-state index contributed by atoms with van der Waals surface area (Å²) in [6.07, 6.45) is 7.19. The summed E-state index contributed by atoms with van der Waals surface area (Å²) in [6, 6.07) is 7.61. The van der Waals surface area contributed by atoms with E-state index in [1.807, 2.05) is 24.3 Å². The van der Waals surface area contributed by atoms with E-state index in [0.29, 0.717) is 12.8 Å². The molecular formula is C18H19NO4. The molecule has 0 saturated carbocycles. The summed E-state index contributed by atoms with van der Waals surface area (Å²) >= 11 is 0. The Bertz CT molecular complexity index is 673. The minimum Gasteiger partial charge on any atom is -0.497 e. The van der Waals surface area contributed by atoms with Gasteiger partial charge in [-0.25, -0.2) is 4.79 Å². The summed E-state index contributed by atoms with van der Waals surface area (Å²) in [5, 5.41) is 3.13. The number of carbonyl (C=O) groups excluding carboxylic acids is 2. The SMILES string of the molecule is CNC1(Cc2ccc(OC)cc2)CC2(C=CC(=O)C=C2)OC1=O. The Morgan fingerprint density at radius 2 is 1.83 bits per heavy atom. The van der Waals surface area contributed by atoms with Crippen LogP contribution < -0.4 is 10.1 Å². The fourth-order valence-corrected chi connectivity index (χ4v) is 3.10. The largest absolute Gasteiger partial charge is 0.497 e. The molecule has 1 fully saturated rings. The van der Waals surface area contributed by atoms with E-state index >= 15 is 0 Å². The molecule has 1 aromatic rings. The minimum absolute atomic E-state index is 0.0937. The van der Waals surface area contributed by atoms with Crippen molar-refractivity contribution in [3.05, 3.63) is 54.1 Å². The lowest BCUT2D eigenvalue weighted by molar-refractivity contribution is -0.147. The van der Waals surface area contributed by atoms with Crippen molar-refractivity contribution < 1.29 is 19.1 Å². The lowest BCUT2D eigenvalue weighted by atomic mass is 9.81.